The Morgan fingerprint density at radius 2 is 2.16 bits per heavy atom. The highest BCUT2D eigenvalue weighted by Crippen LogP contribution is 2.36. The lowest BCUT2D eigenvalue weighted by Crippen LogP contribution is -2.49. The zero-order chi connectivity index (χ0) is 21.4. The topological polar surface area (TPSA) is 85.2 Å². The molecule has 1 aromatic heterocycles. The lowest BCUT2D eigenvalue weighted by Gasteiger charge is -2.31. The number of aromatic nitrogens is 1. The molecule has 0 spiro atoms. The molecule has 7 nitrogen and oxygen atoms in total. The summed E-state index contributed by atoms with van der Waals surface area (Å²) in [5, 5.41) is 19.5. The summed E-state index contributed by atoms with van der Waals surface area (Å²) in [6.45, 7) is 6.53. The van der Waals surface area contributed by atoms with Crippen LogP contribution in [0.4, 0.5) is 5.69 Å². The van der Waals surface area contributed by atoms with Gasteiger partial charge in [-0.1, -0.05) is 39.3 Å². The number of aromatic hydroxyl groups is 1. The monoisotopic (exact) mass is 481 g/mol. The summed E-state index contributed by atoms with van der Waals surface area (Å²) in [5.74, 6) is 0.0714. The van der Waals surface area contributed by atoms with E-state index in [9.17, 15) is 5.11 Å². The van der Waals surface area contributed by atoms with Crippen molar-refractivity contribution < 1.29 is 9.94 Å². The van der Waals surface area contributed by atoms with Crippen LogP contribution in [-0.2, 0) is 4.84 Å². The van der Waals surface area contributed by atoms with E-state index in [0.29, 0.717) is 29.6 Å². The van der Waals surface area contributed by atoms with Crippen LogP contribution in [0.5, 0.6) is 5.88 Å². The maximum Gasteiger partial charge on any atom is 0.199 e. The molecule has 2 aliphatic rings. The maximum atomic E-state index is 10.7. The summed E-state index contributed by atoms with van der Waals surface area (Å²) in [5.41, 5.74) is 4.43. The number of aliphatic imine (C=N–C) groups is 1. The molecule has 3 N–H and O–H groups in total. The second-order valence-corrected chi connectivity index (χ2v) is 8.86. The Kier molecular flexibility index (Phi) is 5.52. The van der Waals surface area contributed by atoms with E-state index in [0.717, 1.165) is 52.8 Å². The number of rotatable bonds is 5. The molecule has 0 radical (unpaired) electrons. The molecule has 0 bridgehead atoms. The van der Waals surface area contributed by atoms with Gasteiger partial charge in [-0.05, 0) is 31.2 Å². The molecule has 0 saturated carbocycles. The fourth-order valence-corrected chi connectivity index (χ4v) is 4.59. The van der Waals surface area contributed by atoms with Crippen LogP contribution in [0.3, 0.4) is 0 Å². The third-order valence-corrected chi connectivity index (χ3v) is 6.19. The van der Waals surface area contributed by atoms with Crippen LogP contribution < -0.4 is 5.32 Å². The number of piperazine rings is 1. The number of fused-ring (bicyclic) bond motifs is 2. The highest BCUT2D eigenvalue weighted by atomic mass is 79.9. The molecule has 8 heteroatoms. The second kappa shape index (κ2) is 8.45. The van der Waals surface area contributed by atoms with Crippen molar-refractivity contribution in [3.8, 4) is 5.88 Å². The number of aromatic amines is 1. The Morgan fingerprint density at radius 3 is 3.03 bits per heavy atom. The Bertz CT molecular complexity index is 1190. The first-order chi connectivity index (χ1) is 15.1. The van der Waals surface area contributed by atoms with Gasteiger partial charge in [0, 0.05) is 53.2 Å². The number of halogens is 1. The number of nitrogens with one attached hydrogen (secondary N) is 2. The Hall–Kier alpha value is -2.68. The lowest BCUT2D eigenvalue weighted by molar-refractivity contribution is 0.0990. The Morgan fingerprint density at radius 1 is 1.29 bits per heavy atom. The molecule has 160 valence electrons. The highest BCUT2D eigenvalue weighted by molar-refractivity contribution is 9.10. The van der Waals surface area contributed by atoms with Crippen LogP contribution in [-0.4, -0.2) is 65.2 Å². The summed E-state index contributed by atoms with van der Waals surface area (Å²) < 4.78 is 0.927. The van der Waals surface area contributed by atoms with E-state index in [1.54, 1.807) is 0 Å². The average Bonchev–Trinajstić information content (AvgIpc) is 3.27. The van der Waals surface area contributed by atoms with Gasteiger partial charge in [-0.25, -0.2) is 4.99 Å². The van der Waals surface area contributed by atoms with Crippen molar-refractivity contribution in [2.24, 2.45) is 10.1 Å². The molecule has 5 rings (SSSR count). The smallest absolute Gasteiger partial charge is 0.199 e. The van der Waals surface area contributed by atoms with Gasteiger partial charge < -0.3 is 20.2 Å². The van der Waals surface area contributed by atoms with Gasteiger partial charge in [0.25, 0.3) is 0 Å². The van der Waals surface area contributed by atoms with E-state index in [1.807, 2.05) is 42.5 Å². The van der Waals surface area contributed by atoms with Crippen LogP contribution in [0.2, 0.25) is 0 Å². The number of hydrogen-bond donors (Lipinski definition) is 3. The van der Waals surface area contributed by atoms with Gasteiger partial charge in [0.05, 0.1) is 11.3 Å². The Balaban J connectivity index is 1.44. The molecular formula is C23H24BrN5O2. The first-order valence-electron chi connectivity index (χ1n) is 10.4. The normalized spacial score (nSPS) is 20.3. The predicted octanol–water partition coefficient (Wildman–Crippen LogP) is 3.78. The zero-order valence-corrected chi connectivity index (χ0v) is 18.8. The van der Waals surface area contributed by atoms with E-state index < -0.39 is 0 Å². The molecule has 1 atom stereocenters. The van der Waals surface area contributed by atoms with Crippen LogP contribution >= 0.6 is 15.9 Å². The fourth-order valence-electron chi connectivity index (χ4n) is 4.22. The second-order valence-electron chi connectivity index (χ2n) is 7.94. The molecule has 2 aromatic carbocycles. The number of benzene rings is 2. The van der Waals surface area contributed by atoms with Gasteiger partial charge in [-0.2, -0.15) is 0 Å². The van der Waals surface area contributed by atoms with E-state index in [4.69, 9.17) is 9.83 Å². The molecule has 3 heterocycles. The highest BCUT2D eigenvalue weighted by Gasteiger charge is 2.29. The standard InChI is InChI=1S/C23H24BrN5O2/c1-14-13-29(9-8-25-14)10-11-31-28-21-16-4-2-3-5-18(16)26-22(21)20-17-12-15(24)6-7-19(17)27-23(20)30/h2-7,12,14,25,27,30H,8-11,13H2,1H3/b28-21+. The van der Waals surface area contributed by atoms with Crippen molar-refractivity contribution in [3.05, 3.63) is 58.1 Å². The van der Waals surface area contributed by atoms with E-state index in [1.165, 1.54) is 0 Å². The quantitative estimate of drug-likeness (QED) is 0.382. The van der Waals surface area contributed by atoms with Crippen molar-refractivity contribution in [2.45, 2.75) is 13.0 Å². The van der Waals surface area contributed by atoms with Crippen LogP contribution in [0.25, 0.3) is 10.9 Å². The number of hydrogen-bond acceptors (Lipinski definition) is 6. The first kappa shape index (κ1) is 20.2. The SMILES string of the molecule is CC1CN(CCO/N=C2/C(c3c(O)[nH]c4ccc(Br)cc34)=Nc3ccccc32)CCN1. The van der Waals surface area contributed by atoms with Gasteiger partial charge in [0.2, 0.25) is 0 Å². The summed E-state index contributed by atoms with van der Waals surface area (Å²) in [4.78, 5) is 16.0. The zero-order valence-electron chi connectivity index (χ0n) is 17.2. The average molecular weight is 482 g/mol. The summed E-state index contributed by atoms with van der Waals surface area (Å²) in [6.07, 6.45) is 0. The van der Waals surface area contributed by atoms with Crippen LogP contribution in [0.1, 0.15) is 18.1 Å². The van der Waals surface area contributed by atoms with Crippen molar-refractivity contribution >= 4 is 43.9 Å². The number of oxime groups is 1. The number of para-hydroxylation sites is 1. The minimum absolute atomic E-state index is 0.0714. The van der Waals surface area contributed by atoms with Gasteiger partial charge >= 0.3 is 0 Å². The molecule has 1 saturated heterocycles. The molecule has 1 unspecified atom stereocenters. The largest absolute Gasteiger partial charge is 0.494 e. The third kappa shape index (κ3) is 3.98. The van der Waals surface area contributed by atoms with Crippen molar-refractivity contribution in [1.82, 2.24) is 15.2 Å². The van der Waals surface area contributed by atoms with Gasteiger partial charge in [0.15, 0.2) is 5.88 Å². The minimum Gasteiger partial charge on any atom is -0.494 e. The van der Waals surface area contributed by atoms with Crippen molar-refractivity contribution in [1.29, 1.82) is 0 Å². The van der Waals surface area contributed by atoms with Gasteiger partial charge in [-0.3, -0.25) is 4.90 Å². The number of nitrogens with zero attached hydrogens (tertiary/aromatic N) is 3. The molecule has 0 amide bonds. The molecule has 1 fully saturated rings. The van der Waals surface area contributed by atoms with Crippen molar-refractivity contribution in [2.75, 3.05) is 32.8 Å². The summed E-state index contributed by atoms with van der Waals surface area (Å²) in [6, 6.07) is 14.1. The molecule has 2 aliphatic heterocycles. The minimum atomic E-state index is 0.0714. The van der Waals surface area contributed by atoms with E-state index in [2.05, 4.69) is 43.2 Å². The van der Waals surface area contributed by atoms with Crippen molar-refractivity contribution in [3.63, 3.8) is 0 Å². The van der Waals surface area contributed by atoms with Gasteiger partial charge in [0.1, 0.15) is 18.0 Å². The molecule has 0 aliphatic carbocycles. The fraction of sp³-hybridized carbons (Fsp3) is 0.304. The molecule has 3 aromatic rings. The molecule has 31 heavy (non-hydrogen) atoms. The lowest BCUT2D eigenvalue weighted by atomic mass is 10.0. The first-order valence-corrected chi connectivity index (χ1v) is 11.2. The van der Waals surface area contributed by atoms with Gasteiger partial charge in [-0.15, -0.1) is 0 Å². The van der Waals surface area contributed by atoms with Crippen LogP contribution in [0, 0.1) is 0 Å². The summed E-state index contributed by atoms with van der Waals surface area (Å²) >= 11 is 3.52. The van der Waals surface area contributed by atoms with E-state index in [-0.39, 0.29) is 5.88 Å². The Labute approximate surface area is 188 Å². The predicted molar refractivity (Wildman–Crippen MR) is 127 cm³/mol. The summed E-state index contributed by atoms with van der Waals surface area (Å²) in [7, 11) is 0. The number of H-pyrrole nitrogens is 1. The van der Waals surface area contributed by atoms with Crippen LogP contribution in [0.15, 0.2) is 57.1 Å². The third-order valence-electron chi connectivity index (χ3n) is 5.70. The van der Waals surface area contributed by atoms with E-state index >= 15 is 0 Å². The molecular weight excluding hydrogens is 458 g/mol. The maximum absolute atomic E-state index is 10.7.